The highest BCUT2D eigenvalue weighted by atomic mass is 14.9. The third kappa shape index (κ3) is 2.26. The van der Waals surface area contributed by atoms with Crippen LogP contribution in [0.2, 0.25) is 0 Å². The Labute approximate surface area is 151 Å². The molecule has 1 aliphatic carbocycles. The Hall–Kier alpha value is -2.41. The molecule has 126 valence electrons. The van der Waals surface area contributed by atoms with Crippen LogP contribution in [-0.4, -0.2) is 0 Å². The molecule has 0 atom stereocenters. The summed E-state index contributed by atoms with van der Waals surface area (Å²) in [6.07, 6.45) is 3.26. The van der Waals surface area contributed by atoms with Gasteiger partial charge >= 0.3 is 0 Å². The average molecular weight is 328 g/mol. The molecule has 0 amide bonds. The molecule has 0 aliphatic heterocycles. The van der Waals surface area contributed by atoms with E-state index in [9.17, 15) is 0 Å². The summed E-state index contributed by atoms with van der Waals surface area (Å²) in [7, 11) is 2.16. The van der Waals surface area contributed by atoms with Crippen molar-refractivity contribution in [3.8, 4) is 22.4 Å². The largest absolute Gasteiger partial charge is 0.213 e. The van der Waals surface area contributed by atoms with E-state index in [1.807, 2.05) is 0 Å². The number of aromatic nitrogens is 1. The Balaban J connectivity index is 2.09. The number of rotatable bonds is 2. The molecule has 0 radical (unpaired) electrons. The van der Waals surface area contributed by atoms with Crippen LogP contribution in [0.5, 0.6) is 0 Å². The third-order valence-electron chi connectivity index (χ3n) is 5.81. The number of pyridine rings is 1. The van der Waals surface area contributed by atoms with Crippen LogP contribution in [0.3, 0.4) is 0 Å². The molecule has 1 heteroatoms. The van der Waals surface area contributed by atoms with Gasteiger partial charge in [0.05, 0.1) is 5.56 Å². The van der Waals surface area contributed by atoms with E-state index in [1.165, 1.54) is 44.6 Å². The first-order valence-electron chi connectivity index (χ1n) is 9.18. The summed E-state index contributed by atoms with van der Waals surface area (Å²) in [6.45, 7) is 9.20. The smallest absolute Gasteiger partial charge is 0.201 e. The van der Waals surface area contributed by atoms with Crippen molar-refractivity contribution in [3.05, 3.63) is 77.0 Å². The van der Waals surface area contributed by atoms with Gasteiger partial charge in [0.15, 0.2) is 6.20 Å². The van der Waals surface area contributed by atoms with Crippen LogP contribution in [0.1, 0.15) is 43.0 Å². The van der Waals surface area contributed by atoms with Gasteiger partial charge in [-0.15, -0.1) is 0 Å². The highest BCUT2D eigenvalue weighted by Gasteiger charge is 2.39. The molecule has 0 saturated heterocycles. The quantitative estimate of drug-likeness (QED) is 0.558. The van der Waals surface area contributed by atoms with Gasteiger partial charge in [0, 0.05) is 17.5 Å². The summed E-state index contributed by atoms with van der Waals surface area (Å²) in [6, 6.07) is 18.1. The third-order valence-corrected chi connectivity index (χ3v) is 5.81. The van der Waals surface area contributed by atoms with Gasteiger partial charge in [0.2, 0.25) is 5.69 Å². The molecule has 1 heterocycles. The Kier molecular flexibility index (Phi) is 3.57. The maximum atomic E-state index is 2.37. The van der Waals surface area contributed by atoms with E-state index in [4.69, 9.17) is 0 Å². The first-order valence-corrected chi connectivity index (χ1v) is 9.18. The van der Waals surface area contributed by atoms with Crippen LogP contribution in [0.25, 0.3) is 22.4 Å². The topological polar surface area (TPSA) is 3.88 Å². The van der Waals surface area contributed by atoms with E-state index >= 15 is 0 Å². The summed E-state index contributed by atoms with van der Waals surface area (Å²) in [5.74, 6) is 0. The minimum atomic E-state index is 0.0164. The molecule has 1 aromatic heterocycles. The SMILES string of the molecule is CCc1cc[n+](C)c(-c2c(C)ccc3c2C(C)(C)c2ccccc2-3)c1. The van der Waals surface area contributed by atoms with Gasteiger partial charge < -0.3 is 0 Å². The highest BCUT2D eigenvalue weighted by molar-refractivity contribution is 5.88. The fourth-order valence-corrected chi connectivity index (χ4v) is 4.39. The van der Waals surface area contributed by atoms with Crippen LogP contribution in [-0.2, 0) is 18.9 Å². The Morgan fingerprint density at radius 2 is 1.72 bits per heavy atom. The highest BCUT2D eigenvalue weighted by Crippen LogP contribution is 2.52. The summed E-state index contributed by atoms with van der Waals surface area (Å²) in [4.78, 5) is 0. The maximum Gasteiger partial charge on any atom is 0.213 e. The maximum absolute atomic E-state index is 2.37. The summed E-state index contributed by atoms with van der Waals surface area (Å²) < 4.78 is 2.26. The van der Waals surface area contributed by atoms with E-state index < -0.39 is 0 Å². The van der Waals surface area contributed by atoms with Crippen molar-refractivity contribution in [2.75, 3.05) is 0 Å². The lowest BCUT2D eigenvalue weighted by atomic mass is 9.78. The Morgan fingerprint density at radius 1 is 0.960 bits per heavy atom. The molecule has 0 saturated carbocycles. The fraction of sp³-hybridized carbons (Fsp3) is 0.292. The van der Waals surface area contributed by atoms with Crippen molar-refractivity contribution in [1.29, 1.82) is 0 Å². The predicted octanol–water partition coefficient (Wildman–Crippen LogP) is 5.36. The van der Waals surface area contributed by atoms with E-state index in [0.29, 0.717) is 0 Å². The lowest BCUT2D eigenvalue weighted by Gasteiger charge is -2.24. The van der Waals surface area contributed by atoms with Crippen molar-refractivity contribution in [2.45, 2.75) is 39.5 Å². The van der Waals surface area contributed by atoms with Crippen molar-refractivity contribution < 1.29 is 4.57 Å². The molecule has 25 heavy (non-hydrogen) atoms. The number of aryl methyl sites for hydroxylation is 3. The molecule has 0 spiro atoms. The van der Waals surface area contributed by atoms with Gasteiger partial charge in [-0.25, -0.2) is 4.57 Å². The van der Waals surface area contributed by atoms with Gasteiger partial charge in [-0.05, 0) is 46.7 Å². The van der Waals surface area contributed by atoms with Gasteiger partial charge in [0.1, 0.15) is 7.05 Å². The molecule has 0 N–H and O–H groups in total. The van der Waals surface area contributed by atoms with Crippen LogP contribution in [0.15, 0.2) is 54.7 Å². The molecular weight excluding hydrogens is 302 g/mol. The van der Waals surface area contributed by atoms with E-state index in [1.54, 1.807) is 0 Å². The van der Waals surface area contributed by atoms with Crippen molar-refractivity contribution in [1.82, 2.24) is 0 Å². The molecule has 0 unspecified atom stereocenters. The average Bonchev–Trinajstić information content (AvgIpc) is 2.84. The second-order valence-electron chi connectivity index (χ2n) is 7.74. The number of hydrogen-bond donors (Lipinski definition) is 0. The number of hydrogen-bond acceptors (Lipinski definition) is 0. The molecule has 1 aliphatic rings. The Bertz CT molecular complexity index is 979. The van der Waals surface area contributed by atoms with Gasteiger partial charge in [0.25, 0.3) is 0 Å². The zero-order valence-corrected chi connectivity index (χ0v) is 15.9. The number of benzene rings is 2. The zero-order chi connectivity index (χ0) is 17.8. The van der Waals surface area contributed by atoms with E-state index in [0.717, 1.165) is 6.42 Å². The van der Waals surface area contributed by atoms with Crippen LogP contribution in [0.4, 0.5) is 0 Å². The lowest BCUT2D eigenvalue weighted by molar-refractivity contribution is -0.660. The van der Waals surface area contributed by atoms with Crippen molar-refractivity contribution >= 4 is 0 Å². The summed E-state index contributed by atoms with van der Waals surface area (Å²) in [5.41, 5.74) is 11.2. The Morgan fingerprint density at radius 3 is 2.48 bits per heavy atom. The second-order valence-corrected chi connectivity index (χ2v) is 7.74. The van der Waals surface area contributed by atoms with Crippen molar-refractivity contribution in [2.24, 2.45) is 7.05 Å². The molecule has 0 fully saturated rings. The molecule has 4 rings (SSSR count). The van der Waals surface area contributed by atoms with Crippen molar-refractivity contribution in [3.63, 3.8) is 0 Å². The van der Waals surface area contributed by atoms with E-state index in [2.05, 4.69) is 94.0 Å². The van der Waals surface area contributed by atoms with Crippen LogP contribution < -0.4 is 4.57 Å². The van der Waals surface area contributed by atoms with Gasteiger partial charge in [-0.2, -0.15) is 0 Å². The molecule has 2 aromatic carbocycles. The zero-order valence-electron chi connectivity index (χ0n) is 15.9. The first-order chi connectivity index (χ1) is 11.9. The minimum Gasteiger partial charge on any atom is -0.201 e. The standard InChI is InChI=1S/C24H26N/c1-6-17-13-14-25(5)21(15-17)22-16(2)11-12-19-18-9-7-8-10-20(18)24(3,4)23(19)22/h7-15H,6H2,1-5H3/q+1. The summed E-state index contributed by atoms with van der Waals surface area (Å²) >= 11 is 0. The van der Waals surface area contributed by atoms with E-state index in [-0.39, 0.29) is 5.41 Å². The molecular formula is C24H26N+. The number of nitrogens with zero attached hydrogens (tertiary/aromatic N) is 1. The molecule has 1 nitrogen and oxygen atoms in total. The van der Waals surface area contributed by atoms with Gasteiger partial charge in [-0.3, -0.25) is 0 Å². The molecule has 0 bridgehead atoms. The first kappa shape index (κ1) is 16.1. The fourth-order valence-electron chi connectivity index (χ4n) is 4.39. The van der Waals surface area contributed by atoms with Crippen LogP contribution in [0, 0.1) is 6.92 Å². The minimum absolute atomic E-state index is 0.0164. The van der Waals surface area contributed by atoms with Crippen LogP contribution >= 0.6 is 0 Å². The second kappa shape index (κ2) is 5.56. The lowest BCUT2D eigenvalue weighted by Crippen LogP contribution is -2.32. The normalized spacial score (nSPS) is 14.3. The monoisotopic (exact) mass is 328 g/mol. The summed E-state index contributed by atoms with van der Waals surface area (Å²) in [5, 5.41) is 0. The number of fused-ring (bicyclic) bond motifs is 3. The molecule has 3 aromatic rings. The van der Waals surface area contributed by atoms with Gasteiger partial charge in [-0.1, -0.05) is 57.2 Å². The predicted molar refractivity (Wildman–Crippen MR) is 105 cm³/mol.